The Morgan fingerprint density at radius 1 is 1.25 bits per heavy atom. The van der Waals surface area contributed by atoms with E-state index >= 15 is 0 Å². The van der Waals surface area contributed by atoms with Gasteiger partial charge >= 0.3 is 0 Å². The van der Waals surface area contributed by atoms with Gasteiger partial charge in [0, 0.05) is 10.7 Å². The number of benzene rings is 2. The van der Waals surface area contributed by atoms with E-state index in [4.69, 9.17) is 17.3 Å². The summed E-state index contributed by atoms with van der Waals surface area (Å²) < 4.78 is 1.38. The summed E-state index contributed by atoms with van der Waals surface area (Å²) in [5.74, 6) is -0.259. The molecular weight excluding hydrogens is 326 g/mol. The maximum Gasteiger partial charge on any atom is 0.280 e. The van der Waals surface area contributed by atoms with Gasteiger partial charge in [0.15, 0.2) is 11.5 Å². The lowest BCUT2D eigenvalue weighted by Gasteiger charge is -2.06. The molecule has 0 spiro atoms. The molecule has 0 atom stereocenters. The molecule has 7 heteroatoms. The van der Waals surface area contributed by atoms with E-state index in [0.29, 0.717) is 16.4 Å². The van der Waals surface area contributed by atoms with E-state index in [1.165, 1.54) is 10.2 Å². The van der Waals surface area contributed by atoms with E-state index in [1.807, 2.05) is 24.3 Å². The Balaban J connectivity index is 1.83. The summed E-state index contributed by atoms with van der Waals surface area (Å²) in [7, 11) is 0. The molecule has 2 aromatic carbocycles. The lowest BCUT2D eigenvalue weighted by atomic mass is 10.1. The number of nitrogens with zero attached hydrogens (tertiary/aromatic N) is 3. The molecule has 0 aliphatic carbocycles. The van der Waals surface area contributed by atoms with E-state index in [0.717, 1.165) is 6.42 Å². The lowest BCUT2D eigenvalue weighted by Crippen LogP contribution is -2.15. The first-order valence-corrected chi connectivity index (χ1v) is 7.83. The van der Waals surface area contributed by atoms with E-state index in [-0.39, 0.29) is 11.5 Å². The van der Waals surface area contributed by atoms with Crippen molar-refractivity contribution in [3.8, 4) is 5.69 Å². The van der Waals surface area contributed by atoms with Crippen LogP contribution in [-0.4, -0.2) is 20.9 Å². The molecule has 122 valence electrons. The number of carbonyl (C=O) groups is 1. The molecule has 0 bridgehead atoms. The van der Waals surface area contributed by atoms with Gasteiger partial charge in [0.2, 0.25) is 0 Å². The van der Waals surface area contributed by atoms with Crippen molar-refractivity contribution in [1.29, 1.82) is 0 Å². The minimum Gasteiger partial charge on any atom is -0.382 e. The minimum atomic E-state index is -0.412. The van der Waals surface area contributed by atoms with Crippen LogP contribution in [0.1, 0.15) is 23.0 Å². The minimum absolute atomic E-state index is 0.0644. The molecule has 1 amide bonds. The van der Waals surface area contributed by atoms with Crippen molar-refractivity contribution in [2.75, 3.05) is 11.1 Å². The van der Waals surface area contributed by atoms with Crippen molar-refractivity contribution in [1.82, 2.24) is 15.0 Å². The van der Waals surface area contributed by atoms with Crippen molar-refractivity contribution in [3.63, 3.8) is 0 Å². The first-order chi connectivity index (χ1) is 11.6. The quantitative estimate of drug-likeness (QED) is 0.762. The number of rotatable bonds is 4. The van der Waals surface area contributed by atoms with E-state index in [9.17, 15) is 4.79 Å². The number of anilines is 2. The Labute approximate surface area is 144 Å². The van der Waals surface area contributed by atoms with Gasteiger partial charge in [-0.1, -0.05) is 41.9 Å². The highest BCUT2D eigenvalue weighted by Gasteiger charge is 2.18. The van der Waals surface area contributed by atoms with Gasteiger partial charge < -0.3 is 11.1 Å². The van der Waals surface area contributed by atoms with Gasteiger partial charge in [0.1, 0.15) is 0 Å². The van der Waals surface area contributed by atoms with Crippen LogP contribution in [0.3, 0.4) is 0 Å². The van der Waals surface area contributed by atoms with Gasteiger partial charge in [-0.15, -0.1) is 5.10 Å². The number of amides is 1. The Hall–Kier alpha value is -2.86. The van der Waals surface area contributed by atoms with Crippen molar-refractivity contribution in [3.05, 3.63) is 64.8 Å². The summed E-state index contributed by atoms with van der Waals surface area (Å²) in [6.07, 6.45) is 0.940. The molecule has 0 radical (unpaired) electrons. The highest BCUT2D eigenvalue weighted by Crippen LogP contribution is 2.19. The van der Waals surface area contributed by atoms with Gasteiger partial charge in [0.25, 0.3) is 5.91 Å². The van der Waals surface area contributed by atoms with Crippen LogP contribution < -0.4 is 11.1 Å². The Morgan fingerprint density at radius 3 is 2.67 bits per heavy atom. The fraction of sp³-hybridized carbons (Fsp3) is 0.118. The molecule has 3 rings (SSSR count). The molecule has 1 aromatic heterocycles. The summed E-state index contributed by atoms with van der Waals surface area (Å²) in [5.41, 5.74) is 8.59. The normalized spacial score (nSPS) is 10.6. The zero-order chi connectivity index (χ0) is 17.1. The molecule has 0 unspecified atom stereocenters. The molecule has 0 saturated heterocycles. The van der Waals surface area contributed by atoms with E-state index in [1.54, 1.807) is 24.3 Å². The fourth-order valence-corrected chi connectivity index (χ4v) is 2.45. The standard InChI is InChI=1S/C17H16ClN5O/c1-2-11-6-8-13(9-7-11)20-17(24)15-16(19)23(22-21-15)14-5-3-4-12(18)10-14/h3-10H,2,19H2,1H3,(H,20,24). The number of hydrogen-bond acceptors (Lipinski definition) is 4. The predicted molar refractivity (Wildman–Crippen MR) is 94.6 cm³/mol. The lowest BCUT2D eigenvalue weighted by molar-refractivity contribution is 0.102. The number of carbonyl (C=O) groups excluding carboxylic acids is 1. The second kappa shape index (κ2) is 6.72. The van der Waals surface area contributed by atoms with Gasteiger partial charge in [-0.3, -0.25) is 4.79 Å². The van der Waals surface area contributed by atoms with Gasteiger partial charge in [-0.05, 0) is 42.3 Å². The van der Waals surface area contributed by atoms with Crippen LogP contribution in [0.5, 0.6) is 0 Å². The molecule has 0 aliphatic heterocycles. The van der Waals surface area contributed by atoms with Gasteiger partial charge in [-0.25, -0.2) is 0 Å². The number of nitrogens with two attached hydrogens (primary N) is 1. The maximum atomic E-state index is 12.4. The number of aryl methyl sites for hydroxylation is 1. The van der Waals surface area contributed by atoms with Crippen molar-refractivity contribution < 1.29 is 4.79 Å². The Kier molecular flexibility index (Phi) is 4.48. The Bertz CT molecular complexity index is 873. The van der Waals surface area contributed by atoms with E-state index in [2.05, 4.69) is 22.6 Å². The van der Waals surface area contributed by atoms with Crippen LogP contribution in [0.15, 0.2) is 48.5 Å². The molecule has 6 nitrogen and oxygen atoms in total. The zero-order valence-corrected chi connectivity index (χ0v) is 13.8. The maximum absolute atomic E-state index is 12.4. The third-order valence-electron chi connectivity index (χ3n) is 3.59. The van der Waals surface area contributed by atoms with Crippen LogP contribution in [-0.2, 0) is 6.42 Å². The smallest absolute Gasteiger partial charge is 0.280 e. The number of nitrogen functional groups attached to an aromatic ring is 1. The molecular formula is C17H16ClN5O. The first kappa shape index (κ1) is 16.0. The third-order valence-corrected chi connectivity index (χ3v) is 3.83. The molecule has 1 heterocycles. The SMILES string of the molecule is CCc1ccc(NC(=O)c2nnn(-c3cccc(Cl)c3)c2N)cc1. The van der Waals surface area contributed by atoms with Crippen molar-refractivity contribution >= 4 is 29.0 Å². The fourth-order valence-electron chi connectivity index (χ4n) is 2.26. The largest absolute Gasteiger partial charge is 0.382 e. The molecule has 0 saturated carbocycles. The first-order valence-electron chi connectivity index (χ1n) is 7.46. The van der Waals surface area contributed by atoms with Crippen LogP contribution in [0.2, 0.25) is 5.02 Å². The number of halogens is 1. The summed E-state index contributed by atoms with van der Waals surface area (Å²) in [4.78, 5) is 12.4. The molecule has 24 heavy (non-hydrogen) atoms. The highest BCUT2D eigenvalue weighted by atomic mass is 35.5. The second-order valence-electron chi connectivity index (χ2n) is 5.22. The monoisotopic (exact) mass is 341 g/mol. The summed E-state index contributed by atoms with van der Waals surface area (Å²) in [6.45, 7) is 2.07. The van der Waals surface area contributed by atoms with E-state index < -0.39 is 5.91 Å². The summed E-state index contributed by atoms with van der Waals surface area (Å²) in [6, 6.07) is 14.6. The van der Waals surface area contributed by atoms with Gasteiger partial charge in [-0.2, -0.15) is 4.68 Å². The van der Waals surface area contributed by atoms with Gasteiger partial charge in [0.05, 0.1) is 5.69 Å². The Morgan fingerprint density at radius 2 is 2.00 bits per heavy atom. The average Bonchev–Trinajstić information content (AvgIpc) is 2.97. The van der Waals surface area contributed by atoms with Crippen LogP contribution in [0.4, 0.5) is 11.5 Å². The average molecular weight is 342 g/mol. The number of nitrogens with one attached hydrogen (secondary N) is 1. The summed E-state index contributed by atoms with van der Waals surface area (Å²) in [5, 5.41) is 11.1. The molecule has 3 N–H and O–H groups in total. The van der Waals surface area contributed by atoms with Crippen molar-refractivity contribution in [2.24, 2.45) is 0 Å². The number of hydrogen-bond donors (Lipinski definition) is 2. The number of aromatic nitrogens is 3. The van der Waals surface area contributed by atoms with Crippen molar-refractivity contribution in [2.45, 2.75) is 13.3 Å². The topological polar surface area (TPSA) is 85.8 Å². The predicted octanol–water partition coefficient (Wildman–Crippen LogP) is 3.32. The molecule has 0 aliphatic rings. The highest BCUT2D eigenvalue weighted by molar-refractivity contribution is 6.30. The van der Waals surface area contributed by atoms with Crippen LogP contribution in [0, 0.1) is 0 Å². The van der Waals surface area contributed by atoms with Crippen LogP contribution in [0.25, 0.3) is 5.69 Å². The van der Waals surface area contributed by atoms with Crippen LogP contribution >= 0.6 is 11.6 Å². The summed E-state index contributed by atoms with van der Waals surface area (Å²) >= 11 is 5.97. The molecule has 3 aromatic rings. The molecule has 0 fully saturated rings. The second-order valence-corrected chi connectivity index (χ2v) is 5.66. The zero-order valence-electron chi connectivity index (χ0n) is 13.0. The third kappa shape index (κ3) is 3.23.